The number of piperidine rings is 1. The highest BCUT2D eigenvalue weighted by molar-refractivity contribution is 6.33. The van der Waals surface area contributed by atoms with E-state index in [9.17, 15) is 0 Å². The van der Waals surface area contributed by atoms with Crippen molar-refractivity contribution in [2.75, 3.05) is 31.2 Å². The van der Waals surface area contributed by atoms with Gasteiger partial charge in [-0.2, -0.15) is 0 Å². The van der Waals surface area contributed by atoms with Gasteiger partial charge in [0.1, 0.15) is 0 Å². The van der Waals surface area contributed by atoms with E-state index in [0.717, 1.165) is 25.2 Å². The molecule has 0 aliphatic carbocycles. The van der Waals surface area contributed by atoms with Gasteiger partial charge in [-0.3, -0.25) is 0 Å². The first kappa shape index (κ1) is 12.5. The molecule has 0 saturated carbocycles. The molecule has 1 heterocycles. The van der Waals surface area contributed by atoms with Crippen LogP contribution in [0.4, 0.5) is 11.4 Å². The Morgan fingerprint density at radius 2 is 2.24 bits per heavy atom. The second kappa shape index (κ2) is 5.15. The Bertz CT molecular complexity index is 394. The van der Waals surface area contributed by atoms with Crippen LogP contribution in [-0.4, -0.2) is 31.1 Å². The van der Waals surface area contributed by atoms with Crippen molar-refractivity contribution < 1.29 is 0 Å². The minimum absolute atomic E-state index is 0.479. The number of benzene rings is 1. The molecule has 2 rings (SSSR count). The fourth-order valence-corrected chi connectivity index (χ4v) is 2.61. The summed E-state index contributed by atoms with van der Waals surface area (Å²) in [5, 5.41) is 4.15. The van der Waals surface area contributed by atoms with Crippen LogP contribution in [0.2, 0.25) is 5.02 Å². The molecule has 1 aliphatic rings. The third kappa shape index (κ3) is 2.85. The van der Waals surface area contributed by atoms with Crippen molar-refractivity contribution in [2.24, 2.45) is 5.92 Å². The predicted octanol–water partition coefficient (Wildman–Crippen LogP) is 2.67. The quantitative estimate of drug-likeness (QED) is 0.797. The number of halogens is 1. The maximum absolute atomic E-state index is 6.02. The molecule has 4 heteroatoms. The van der Waals surface area contributed by atoms with Crippen molar-refractivity contribution in [1.29, 1.82) is 0 Å². The molecule has 2 unspecified atom stereocenters. The number of likely N-dealkylation sites (tertiary alicyclic amines) is 1. The number of nitrogen functional groups attached to an aromatic ring is 1. The maximum Gasteiger partial charge on any atom is 0.0739 e. The van der Waals surface area contributed by atoms with Gasteiger partial charge < -0.3 is 16.0 Å². The third-order valence-electron chi connectivity index (χ3n) is 3.50. The van der Waals surface area contributed by atoms with E-state index in [4.69, 9.17) is 17.3 Å². The van der Waals surface area contributed by atoms with Crippen LogP contribution in [-0.2, 0) is 0 Å². The van der Waals surface area contributed by atoms with Crippen molar-refractivity contribution in [3.05, 3.63) is 23.2 Å². The second-order valence-electron chi connectivity index (χ2n) is 4.98. The van der Waals surface area contributed by atoms with Crippen LogP contribution >= 0.6 is 11.6 Å². The normalized spacial score (nSPS) is 25.8. The topological polar surface area (TPSA) is 41.3 Å². The predicted molar refractivity (Wildman–Crippen MR) is 74.6 cm³/mol. The van der Waals surface area contributed by atoms with Crippen LogP contribution in [0.5, 0.6) is 0 Å². The highest BCUT2D eigenvalue weighted by atomic mass is 35.5. The summed E-state index contributed by atoms with van der Waals surface area (Å²) in [4.78, 5) is 2.37. The minimum atomic E-state index is 0.479. The first-order valence-electron chi connectivity index (χ1n) is 6.07. The Balaban J connectivity index is 2.08. The van der Waals surface area contributed by atoms with E-state index in [1.54, 1.807) is 0 Å². The largest absolute Gasteiger partial charge is 0.396 e. The first-order valence-corrected chi connectivity index (χ1v) is 6.45. The lowest BCUT2D eigenvalue weighted by molar-refractivity contribution is 0.206. The van der Waals surface area contributed by atoms with Crippen LogP contribution in [0.3, 0.4) is 0 Å². The molecule has 1 aliphatic heterocycles. The highest BCUT2D eigenvalue weighted by Gasteiger charge is 2.24. The monoisotopic (exact) mass is 253 g/mol. The summed E-state index contributed by atoms with van der Waals surface area (Å²) in [7, 11) is 2.17. The molecule has 17 heavy (non-hydrogen) atoms. The van der Waals surface area contributed by atoms with E-state index in [-0.39, 0.29) is 0 Å². The van der Waals surface area contributed by atoms with Gasteiger partial charge in [0.25, 0.3) is 0 Å². The molecule has 0 bridgehead atoms. The van der Waals surface area contributed by atoms with E-state index in [2.05, 4.69) is 24.2 Å². The molecule has 2 atom stereocenters. The van der Waals surface area contributed by atoms with E-state index in [1.807, 2.05) is 18.2 Å². The zero-order valence-electron chi connectivity index (χ0n) is 10.4. The molecule has 3 nitrogen and oxygen atoms in total. The standard InChI is InChI=1S/C13H20ClN3/c1-9-8-17(2)7-6-11(9)16-12-5-3-4-10(14)13(12)15/h3-5,9,11,16H,6-8,15H2,1-2H3. The van der Waals surface area contributed by atoms with Crippen LogP contribution in [0.1, 0.15) is 13.3 Å². The van der Waals surface area contributed by atoms with Crippen molar-refractivity contribution in [3.8, 4) is 0 Å². The molecule has 94 valence electrons. The first-order chi connectivity index (χ1) is 8.08. The van der Waals surface area contributed by atoms with Gasteiger partial charge in [-0.1, -0.05) is 24.6 Å². The maximum atomic E-state index is 6.02. The van der Waals surface area contributed by atoms with Crippen LogP contribution in [0, 0.1) is 5.92 Å². The third-order valence-corrected chi connectivity index (χ3v) is 3.83. The molecule has 1 saturated heterocycles. The summed E-state index contributed by atoms with van der Waals surface area (Å²) in [6, 6.07) is 6.22. The van der Waals surface area contributed by atoms with Crippen LogP contribution in [0.25, 0.3) is 0 Å². The lowest BCUT2D eigenvalue weighted by Gasteiger charge is -2.36. The molecule has 1 aromatic carbocycles. The number of hydrogen-bond acceptors (Lipinski definition) is 3. The Morgan fingerprint density at radius 1 is 1.47 bits per heavy atom. The smallest absolute Gasteiger partial charge is 0.0739 e. The number of nitrogens with zero attached hydrogens (tertiary/aromatic N) is 1. The lowest BCUT2D eigenvalue weighted by Crippen LogP contribution is -2.43. The molecule has 1 fully saturated rings. The number of nitrogens with one attached hydrogen (secondary N) is 1. The molecule has 0 amide bonds. The zero-order valence-corrected chi connectivity index (χ0v) is 11.2. The van der Waals surface area contributed by atoms with Gasteiger partial charge >= 0.3 is 0 Å². The molecule has 0 radical (unpaired) electrons. The van der Waals surface area contributed by atoms with Gasteiger partial charge in [0, 0.05) is 12.6 Å². The summed E-state index contributed by atoms with van der Waals surface area (Å²) in [5.74, 6) is 0.618. The fourth-order valence-electron chi connectivity index (χ4n) is 2.43. The fraction of sp³-hybridized carbons (Fsp3) is 0.538. The number of rotatable bonds is 2. The second-order valence-corrected chi connectivity index (χ2v) is 5.39. The van der Waals surface area contributed by atoms with E-state index < -0.39 is 0 Å². The van der Waals surface area contributed by atoms with Gasteiger partial charge in [0.15, 0.2) is 0 Å². The molecular formula is C13H20ClN3. The van der Waals surface area contributed by atoms with E-state index >= 15 is 0 Å². The van der Waals surface area contributed by atoms with Crippen molar-refractivity contribution >= 4 is 23.0 Å². The van der Waals surface area contributed by atoms with E-state index in [1.165, 1.54) is 0 Å². The summed E-state index contributed by atoms with van der Waals surface area (Å²) in [6.07, 6.45) is 1.14. The van der Waals surface area contributed by atoms with Crippen molar-refractivity contribution in [3.63, 3.8) is 0 Å². The summed E-state index contributed by atoms with van der Waals surface area (Å²) >= 11 is 6.02. The molecule has 3 N–H and O–H groups in total. The Hall–Kier alpha value is -0.930. The number of anilines is 2. The van der Waals surface area contributed by atoms with Gasteiger partial charge in [-0.05, 0) is 38.1 Å². The molecule has 0 aromatic heterocycles. The van der Waals surface area contributed by atoms with Gasteiger partial charge in [0.2, 0.25) is 0 Å². The Morgan fingerprint density at radius 3 is 2.94 bits per heavy atom. The molecular weight excluding hydrogens is 234 g/mol. The number of para-hydroxylation sites is 1. The van der Waals surface area contributed by atoms with Gasteiger partial charge in [0.05, 0.1) is 16.4 Å². The molecule has 0 spiro atoms. The summed E-state index contributed by atoms with van der Waals surface area (Å²) < 4.78 is 0. The van der Waals surface area contributed by atoms with Crippen molar-refractivity contribution in [2.45, 2.75) is 19.4 Å². The minimum Gasteiger partial charge on any atom is -0.396 e. The average molecular weight is 254 g/mol. The SMILES string of the molecule is CC1CN(C)CCC1Nc1cccc(Cl)c1N. The van der Waals surface area contributed by atoms with E-state index in [0.29, 0.717) is 22.7 Å². The Kier molecular flexibility index (Phi) is 3.79. The Labute approximate surface area is 108 Å². The summed E-state index contributed by atoms with van der Waals surface area (Å²) in [6.45, 7) is 4.52. The van der Waals surface area contributed by atoms with Gasteiger partial charge in [-0.25, -0.2) is 0 Å². The number of nitrogens with two attached hydrogens (primary N) is 1. The highest BCUT2D eigenvalue weighted by Crippen LogP contribution is 2.29. The number of hydrogen-bond donors (Lipinski definition) is 2. The lowest BCUT2D eigenvalue weighted by atomic mass is 9.94. The van der Waals surface area contributed by atoms with Gasteiger partial charge in [-0.15, -0.1) is 0 Å². The molecule has 1 aromatic rings. The average Bonchev–Trinajstić information content (AvgIpc) is 2.28. The van der Waals surface area contributed by atoms with Crippen LogP contribution < -0.4 is 11.1 Å². The van der Waals surface area contributed by atoms with Crippen molar-refractivity contribution in [1.82, 2.24) is 4.90 Å². The summed E-state index contributed by atoms with van der Waals surface area (Å²) in [5.41, 5.74) is 7.58. The zero-order chi connectivity index (χ0) is 12.4. The van der Waals surface area contributed by atoms with Crippen LogP contribution in [0.15, 0.2) is 18.2 Å².